The fourth-order valence-corrected chi connectivity index (χ4v) is 5.29. The molecule has 0 radical (unpaired) electrons. The molecule has 7 rings (SSSR count). The van der Waals surface area contributed by atoms with E-state index in [2.05, 4.69) is 5.32 Å². The molecule has 5 aromatic carbocycles. The fourth-order valence-electron chi connectivity index (χ4n) is 5.29. The van der Waals surface area contributed by atoms with E-state index >= 15 is 0 Å². The first-order chi connectivity index (χ1) is 19.1. The van der Waals surface area contributed by atoms with Crippen molar-refractivity contribution < 1.29 is 18.7 Å². The molecule has 6 heteroatoms. The second-order valence-corrected chi connectivity index (χ2v) is 9.78. The van der Waals surface area contributed by atoms with E-state index in [0.717, 1.165) is 38.6 Å². The second-order valence-electron chi connectivity index (χ2n) is 9.78. The van der Waals surface area contributed by atoms with Gasteiger partial charge >= 0.3 is 0 Å². The number of furan rings is 1. The Labute approximate surface area is 224 Å². The van der Waals surface area contributed by atoms with Crippen molar-refractivity contribution in [2.75, 3.05) is 16.8 Å². The van der Waals surface area contributed by atoms with Crippen molar-refractivity contribution in [3.63, 3.8) is 0 Å². The zero-order valence-corrected chi connectivity index (χ0v) is 21.0. The zero-order valence-electron chi connectivity index (χ0n) is 21.0. The van der Waals surface area contributed by atoms with Crippen LogP contribution in [-0.4, -0.2) is 18.4 Å². The zero-order chi connectivity index (χ0) is 26.3. The van der Waals surface area contributed by atoms with Crippen molar-refractivity contribution in [1.82, 2.24) is 0 Å². The van der Waals surface area contributed by atoms with E-state index in [1.54, 1.807) is 4.90 Å². The number of hydrogen-bond donors (Lipinski definition) is 1. The predicted molar refractivity (Wildman–Crippen MR) is 153 cm³/mol. The average molecular weight is 513 g/mol. The summed E-state index contributed by atoms with van der Waals surface area (Å²) in [5, 5.41) is 7.14. The molecule has 1 aliphatic rings. The molecule has 1 aromatic heterocycles. The van der Waals surface area contributed by atoms with Gasteiger partial charge in [-0.15, -0.1) is 0 Å². The molecule has 1 aliphatic heterocycles. The number of carbonyl (C=O) groups excluding carboxylic acids is 2. The Morgan fingerprint density at radius 1 is 0.795 bits per heavy atom. The fraction of sp³-hybridized carbons (Fsp3) is 0.0909. The summed E-state index contributed by atoms with van der Waals surface area (Å²) in [6, 6.07) is 34.9. The van der Waals surface area contributed by atoms with E-state index in [1.165, 1.54) is 0 Å². The standard InChI is InChI=1S/C33H24N2O4/c36-32-18-22(33(37)34-23-12-17-28-27-9-3-4-10-30(27)39-31(28)19-23)20-35(32)24-13-15-25(16-14-24)38-29-11-5-7-21-6-1-2-8-26(21)29/h1-17,19,22H,18,20H2,(H,34,37)/t22-/m0/s1. The Hall–Kier alpha value is -5.10. The van der Waals surface area contributed by atoms with Gasteiger partial charge < -0.3 is 19.4 Å². The summed E-state index contributed by atoms with van der Waals surface area (Å²) in [6.45, 7) is 0.321. The van der Waals surface area contributed by atoms with Gasteiger partial charge in [-0.3, -0.25) is 9.59 Å². The van der Waals surface area contributed by atoms with Crippen LogP contribution in [0.2, 0.25) is 0 Å². The maximum Gasteiger partial charge on any atom is 0.229 e. The molecule has 1 fully saturated rings. The number of hydrogen-bond acceptors (Lipinski definition) is 4. The molecule has 0 spiro atoms. The molecule has 6 aromatic rings. The Bertz CT molecular complexity index is 1870. The summed E-state index contributed by atoms with van der Waals surface area (Å²) in [6.07, 6.45) is 0.160. The molecule has 1 saturated heterocycles. The van der Waals surface area contributed by atoms with Gasteiger partial charge in [0, 0.05) is 46.6 Å². The van der Waals surface area contributed by atoms with Crippen molar-refractivity contribution in [2.45, 2.75) is 6.42 Å². The Kier molecular flexibility index (Phi) is 5.51. The molecule has 2 amide bonds. The molecule has 1 N–H and O–H groups in total. The van der Waals surface area contributed by atoms with Crippen LogP contribution >= 0.6 is 0 Å². The summed E-state index contributed by atoms with van der Waals surface area (Å²) in [5.41, 5.74) is 2.90. The lowest BCUT2D eigenvalue weighted by Crippen LogP contribution is -2.28. The first-order valence-corrected chi connectivity index (χ1v) is 12.9. The van der Waals surface area contributed by atoms with Crippen molar-refractivity contribution in [2.24, 2.45) is 5.92 Å². The lowest BCUT2D eigenvalue weighted by Gasteiger charge is -2.17. The van der Waals surface area contributed by atoms with Crippen molar-refractivity contribution in [3.8, 4) is 11.5 Å². The molecular formula is C33H24N2O4. The van der Waals surface area contributed by atoms with Crippen LogP contribution in [0.5, 0.6) is 11.5 Å². The van der Waals surface area contributed by atoms with Gasteiger partial charge in [0.15, 0.2) is 0 Å². The van der Waals surface area contributed by atoms with Gasteiger partial charge in [-0.25, -0.2) is 0 Å². The highest BCUT2D eigenvalue weighted by atomic mass is 16.5. The molecule has 0 saturated carbocycles. The molecule has 0 aliphatic carbocycles. The van der Waals surface area contributed by atoms with Gasteiger partial charge in [-0.05, 0) is 53.9 Å². The second kappa shape index (κ2) is 9.33. The van der Waals surface area contributed by atoms with Crippen LogP contribution in [0.1, 0.15) is 6.42 Å². The molecular weight excluding hydrogens is 488 g/mol. The maximum absolute atomic E-state index is 13.1. The van der Waals surface area contributed by atoms with E-state index in [0.29, 0.717) is 23.6 Å². The van der Waals surface area contributed by atoms with Crippen LogP contribution in [0.3, 0.4) is 0 Å². The number of carbonyl (C=O) groups is 2. The maximum atomic E-state index is 13.1. The van der Waals surface area contributed by atoms with Crippen LogP contribution in [0.25, 0.3) is 32.7 Å². The largest absolute Gasteiger partial charge is 0.457 e. The third-order valence-electron chi connectivity index (χ3n) is 7.27. The summed E-state index contributed by atoms with van der Waals surface area (Å²) < 4.78 is 12.1. The minimum Gasteiger partial charge on any atom is -0.457 e. The first kappa shape index (κ1) is 23.0. The van der Waals surface area contributed by atoms with Gasteiger partial charge in [0.25, 0.3) is 0 Å². The molecule has 2 heterocycles. The summed E-state index contributed by atoms with van der Waals surface area (Å²) >= 11 is 0. The molecule has 0 bridgehead atoms. The van der Waals surface area contributed by atoms with Gasteiger partial charge in [0.2, 0.25) is 11.8 Å². The van der Waals surface area contributed by atoms with Crippen LogP contribution < -0.4 is 15.0 Å². The molecule has 1 atom stereocenters. The summed E-state index contributed by atoms with van der Waals surface area (Å²) in [7, 11) is 0. The Morgan fingerprint density at radius 3 is 2.41 bits per heavy atom. The van der Waals surface area contributed by atoms with Crippen LogP contribution in [0, 0.1) is 5.92 Å². The Morgan fingerprint density at radius 2 is 1.54 bits per heavy atom. The molecule has 39 heavy (non-hydrogen) atoms. The topological polar surface area (TPSA) is 71.8 Å². The van der Waals surface area contributed by atoms with Gasteiger partial charge in [-0.2, -0.15) is 0 Å². The number of ether oxygens (including phenoxy) is 1. The van der Waals surface area contributed by atoms with Crippen molar-refractivity contribution >= 4 is 55.9 Å². The number of benzene rings is 5. The van der Waals surface area contributed by atoms with E-state index in [-0.39, 0.29) is 18.2 Å². The number of nitrogens with zero attached hydrogens (tertiary/aromatic N) is 1. The third kappa shape index (κ3) is 4.26. The normalized spacial score (nSPS) is 15.3. The minimum atomic E-state index is -0.449. The lowest BCUT2D eigenvalue weighted by molar-refractivity contribution is -0.122. The van der Waals surface area contributed by atoms with Gasteiger partial charge in [0.1, 0.15) is 22.7 Å². The SMILES string of the molecule is O=C(Nc1ccc2c(c1)oc1ccccc12)[C@H]1CC(=O)N(c2ccc(Oc3cccc4ccccc34)cc2)C1. The van der Waals surface area contributed by atoms with Crippen molar-refractivity contribution in [1.29, 1.82) is 0 Å². The quantitative estimate of drug-likeness (QED) is 0.259. The monoisotopic (exact) mass is 512 g/mol. The minimum absolute atomic E-state index is 0.0781. The highest BCUT2D eigenvalue weighted by Crippen LogP contribution is 2.33. The molecule has 0 unspecified atom stereocenters. The Balaban J connectivity index is 1.04. The third-order valence-corrected chi connectivity index (χ3v) is 7.27. The summed E-state index contributed by atoms with van der Waals surface area (Å²) in [5.74, 6) is 0.742. The van der Waals surface area contributed by atoms with Crippen LogP contribution in [0.4, 0.5) is 11.4 Å². The number of anilines is 2. The van der Waals surface area contributed by atoms with Crippen LogP contribution in [0.15, 0.2) is 114 Å². The van der Waals surface area contributed by atoms with Gasteiger partial charge in [0.05, 0.1) is 5.92 Å². The van der Waals surface area contributed by atoms with E-state index in [9.17, 15) is 9.59 Å². The number of rotatable bonds is 5. The number of para-hydroxylation sites is 1. The predicted octanol–water partition coefficient (Wildman–Crippen LogP) is 7.52. The molecule has 6 nitrogen and oxygen atoms in total. The smallest absolute Gasteiger partial charge is 0.229 e. The number of amides is 2. The van der Waals surface area contributed by atoms with E-state index < -0.39 is 5.92 Å². The van der Waals surface area contributed by atoms with Crippen LogP contribution in [-0.2, 0) is 9.59 Å². The van der Waals surface area contributed by atoms with E-state index in [1.807, 2.05) is 109 Å². The highest BCUT2D eigenvalue weighted by Gasteiger charge is 2.35. The number of fused-ring (bicyclic) bond motifs is 4. The van der Waals surface area contributed by atoms with E-state index in [4.69, 9.17) is 9.15 Å². The van der Waals surface area contributed by atoms with Gasteiger partial charge in [-0.1, -0.05) is 54.6 Å². The average Bonchev–Trinajstić information content (AvgIpc) is 3.54. The number of nitrogens with one attached hydrogen (secondary N) is 1. The first-order valence-electron chi connectivity index (χ1n) is 12.9. The highest BCUT2D eigenvalue weighted by molar-refractivity contribution is 6.07. The summed E-state index contributed by atoms with van der Waals surface area (Å²) in [4.78, 5) is 27.6. The van der Waals surface area contributed by atoms with Crippen molar-refractivity contribution in [3.05, 3.63) is 109 Å². The molecule has 190 valence electrons. The lowest BCUT2D eigenvalue weighted by atomic mass is 10.1.